The molecule has 1 aromatic carbocycles. The lowest BCUT2D eigenvalue weighted by Gasteiger charge is -2.00. The second-order valence-corrected chi connectivity index (χ2v) is 6.35. The predicted molar refractivity (Wildman–Crippen MR) is 93.4 cm³/mol. The molecule has 0 radical (unpaired) electrons. The standard InChI is InChI=1S/C17H16N4OS/c1-11(2)16-20-21-17(23-16)19-14(22)9-8-13-6-3-5-12-7-4-10-18-15(12)13/h3-11H,1-2H3,(H,19,21,22)/b9-8+. The maximum atomic E-state index is 12.0. The van der Waals surface area contributed by atoms with Crippen LogP contribution in [0.3, 0.4) is 0 Å². The molecule has 0 saturated carbocycles. The van der Waals surface area contributed by atoms with Gasteiger partial charge in [0.05, 0.1) is 5.52 Å². The van der Waals surface area contributed by atoms with Crippen LogP contribution in [0, 0.1) is 0 Å². The van der Waals surface area contributed by atoms with Gasteiger partial charge >= 0.3 is 0 Å². The molecule has 3 aromatic rings. The molecular formula is C17H16N4OS. The summed E-state index contributed by atoms with van der Waals surface area (Å²) >= 11 is 1.39. The number of fused-ring (bicyclic) bond motifs is 1. The Bertz CT molecular complexity index is 864. The number of benzene rings is 1. The number of hydrogen-bond donors (Lipinski definition) is 1. The quantitative estimate of drug-likeness (QED) is 0.740. The zero-order valence-corrected chi connectivity index (χ0v) is 13.7. The molecule has 2 heterocycles. The van der Waals surface area contributed by atoms with E-state index in [1.807, 2.05) is 44.2 Å². The van der Waals surface area contributed by atoms with Crippen LogP contribution in [0.15, 0.2) is 42.6 Å². The highest BCUT2D eigenvalue weighted by Gasteiger charge is 2.09. The first kappa shape index (κ1) is 15.3. The van der Waals surface area contributed by atoms with Crippen molar-refractivity contribution in [3.8, 4) is 0 Å². The fourth-order valence-electron chi connectivity index (χ4n) is 2.09. The molecule has 0 aliphatic carbocycles. The maximum Gasteiger partial charge on any atom is 0.250 e. The maximum absolute atomic E-state index is 12.0. The van der Waals surface area contributed by atoms with Crippen molar-refractivity contribution in [2.45, 2.75) is 19.8 Å². The first-order valence-electron chi connectivity index (χ1n) is 7.29. The Labute approximate surface area is 138 Å². The molecule has 3 rings (SSSR count). The number of carbonyl (C=O) groups is 1. The summed E-state index contributed by atoms with van der Waals surface area (Å²) in [6.45, 7) is 4.08. The second kappa shape index (κ2) is 6.66. The second-order valence-electron chi connectivity index (χ2n) is 5.35. The third-order valence-corrected chi connectivity index (χ3v) is 4.38. The van der Waals surface area contributed by atoms with E-state index in [0.717, 1.165) is 21.5 Å². The van der Waals surface area contributed by atoms with Gasteiger partial charge in [0.25, 0.3) is 0 Å². The molecule has 0 aliphatic rings. The molecule has 116 valence electrons. The molecule has 0 aliphatic heterocycles. The lowest BCUT2D eigenvalue weighted by Crippen LogP contribution is -2.07. The van der Waals surface area contributed by atoms with Gasteiger partial charge in [0.15, 0.2) is 0 Å². The number of carbonyl (C=O) groups excluding carboxylic acids is 1. The van der Waals surface area contributed by atoms with Crippen molar-refractivity contribution < 1.29 is 4.79 Å². The van der Waals surface area contributed by atoms with Crippen molar-refractivity contribution in [1.29, 1.82) is 0 Å². The zero-order chi connectivity index (χ0) is 16.2. The summed E-state index contributed by atoms with van der Waals surface area (Å²) in [5.74, 6) is 0.0693. The Kier molecular flexibility index (Phi) is 4.43. The summed E-state index contributed by atoms with van der Waals surface area (Å²) < 4.78 is 0. The molecule has 1 amide bonds. The average Bonchev–Trinajstić information content (AvgIpc) is 3.01. The Balaban J connectivity index is 1.74. The van der Waals surface area contributed by atoms with E-state index < -0.39 is 0 Å². The van der Waals surface area contributed by atoms with Gasteiger partial charge in [-0.3, -0.25) is 15.1 Å². The van der Waals surface area contributed by atoms with Gasteiger partial charge in [0.2, 0.25) is 11.0 Å². The third kappa shape index (κ3) is 3.60. The van der Waals surface area contributed by atoms with Crippen LogP contribution in [0.1, 0.15) is 30.3 Å². The highest BCUT2D eigenvalue weighted by Crippen LogP contribution is 2.22. The van der Waals surface area contributed by atoms with Crippen molar-refractivity contribution in [2.75, 3.05) is 5.32 Å². The number of para-hydroxylation sites is 1. The summed E-state index contributed by atoms with van der Waals surface area (Å²) in [6, 6.07) is 9.76. The van der Waals surface area contributed by atoms with Crippen LogP contribution >= 0.6 is 11.3 Å². The topological polar surface area (TPSA) is 67.8 Å². The van der Waals surface area contributed by atoms with E-state index in [1.165, 1.54) is 17.4 Å². The average molecular weight is 324 g/mol. The molecule has 0 unspecified atom stereocenters. The van der Waals surface area contributed by atoms with Crippen LogP contribution in [0.25, 0.3) is 17.0 Å². The largest absolute Gasteiger partial charge is 0.297 e. The Hall–Kier alpha value is -2.60. The van der Waals surface area contributed by atoms with Crippen molar-refractivity contribution in [2.24, 2.45) is 0 Å². The van der Waals surface area contributed by atoms with E-state index in [-0.39, 0.29) is 5.91 Å². The number of rotatable bonds is 4. The van der Waals surface area contributed by atoms with Crippen LogP contribution in [-0.2, 0) is 4.79 Å². The molecule has 0 bridgehead atoms. The van der Waals surface area contributed by atoms with Gasteiger partial charge in [-0.05, 0) is 12.1 Å². The molecule has 0 saturated heterocycles. The van der Waals surface area contributed by atoms with Crippen LogP contribution in [-0.4, -0.2) is 21.1 Å². The van der Waals surface area contributed by atoms with Gasteiger partial charge in [0.1, 0.15) is 5.01 Å². The van der Waals surface area contributed by atoms with Crippen molar-refractivity contribution in [3.63, 3.8) is 0 Å². The Morgan fingerprint density at radius 1 is 1.22 bits per heavy atom. The molecule has 1 N–H and O–H groups in total. The molecule has 5 nitrogen and oxygen atoms in total. The smallest absolute Gasteiger partial charge is 0.250 e. The molecule has 0 atom stereocenters. The number of nitrogens with zero attached hydrogens (tertiary/aromatic N) is 3. The lowest BCUT2D eigenvalue weighted by molar-refractivity contribution is -0.111. The van der Waals surface area contributed by atoms with Crippen molar-refractivity contribution in [1.82, 2.24) is 15.2 Å². The first-order valence-corrected chi connectivity index (χ1v) is 8.11. The highest BCUT2D eigenvalue weighted by molar-refractivity contribution is 7.15. The molecule has 6 heteroatoms. The minimum Gasteiger partial charge on any atom is -0.297 e. The molecule has 23 heavy (non-hydrogen) atoms. The lowest BCUT2D eigenvalue weighted by atomic mass is 10.1. The van der Waals surface area contributed by atoms with Crippen molar-refractivity contribution in [3.05, 3.63) is 53.2 Å². The van der Waals surface area contributed by atoms with Crippen LogP contribution < -0.4 is 5.32 Å². The number of pyridine rings is 1. The third-order valence-electron chi connectivity index (χ3n) is 3.24. The fourth-order valence-corrected chi connectivity index (χ4v) is 2.84. The van der Waals surface area contributed by atoms with E-state index in [1.54, 1.807) is 12.3 Å². The van der Waals surface area contributed by atoms with Crippen LogP contribution in [0.5, 0.6) is 0 Å². The molecule has 0 fully saturated rings. The van der Waals surface area contributed by atoms with E-state index >= 15 is 0 Å². The summed E-state index contributed by atoms with van der Waals surface area (Å²) in [7, 11) is 0. The highest BCUT2D eigenvalue weighted by atomic mass is 32.1. The summed E-state index contributed by atoms with van der Waals surface area (Å²) in [5, 5.41) is 13.2. The van der Waals surface area contributed by atoms with E-state index in [2.05, 4.69) is 20.5 Å². The minimum atomic E-state index is -0.232. The van der Waals surface area contributed by atoms with Gasteiger partial charge in [-0.1, -0.05) is 49.4 Å². The summed E-state index contributed by atoms with van der Waals surface area (Å²) in [6.07, 6.45) is 4.99. The normalized spacial score (nSPS) is 11.4. The van der Waals surface area contributed by atoms with E-state index in [4.69, 9.17) is 0 Å². The molecular weight excluding hydrogens is 308 g/mol. The number of anilines is 1. The summed E-state index contributed by atoms with van der Waals surface area (Å²) in [4.78, 5) is 16.4. The van der Waals surface area contributed by atoms with Gasteiger partial charge in [0, 0.05) is 29.1 Å². The molecule has 2 aromatic heterocycles. The number of hydrogen-bond acceptors (Lipinski definition) is 5. The van der Waals surface area contributed by atoms with Gasteiger partial charge in [-0.2, -0.15) is 0 Å². The van der Waals surface area contributed by atoms with Gasteiger partial charge in [-0.15, -0.1) is 10.2 Å². The first-order chi connectivity index (χ1) is 11.1. The number of nitrogens with one attached hydrogen (secondary N) is 1. The Morgan fingerprint density at radius 2 is 2.04 bits per heavy atom. The van der Waals surface area contributed by atoms with Crippen molar-refractivity contribution >= 4 is 39.4 Å². The monoisotopic (exact) mass is 324 g/mol. The van der Waals surface area contributed by atoms with Gasteiger partial charge in [-0.25, -0.2) is 0 Å². The molecule has 0 spiro atoms. The number of amides is 1. The number of aromatic nitrogens is 3. The van der Waals surface area contributed by atoms with Crippen LogP contribution in [0.2, 0.25) is 0 Å². The Morgan fingerprint density at radius 3 is 2.83 bits per heavy atom. The fraction of sp³-hybridized carbons (Fsp3) is 0.176. The zero-order valence-electron chi connectivity index (χ0n) is 12.9. The summed E-state index contributed by atoms with van der Waals surface area (Å²) in [5.41, 5.74) is 1.77. The minimum absolute atomic E-state index is 0.232. The SMILES string of the molecule is CC(C)c1nnc(NC(=O)/C=C/c2cccc3cccnc23)s1. The predicted octanol–water partition coefficient (Wildman–Crippen LogP) is 3.86. The van der Waals surface area contributed by atoms with Gasteiger partial charge < -0.3 is 0 Å². The van der Waals surface area contributed by atoms with Crippen LogP contribution in [0.4, 0.5) is 5.13 Å². The van der Waals surface area contributed by atoms with E-state index in [9.17, 15) is 4.79 Å². The van der Waals surface area contributed by atoms with E-state index in [0.29, 0.717) is 11.0 Å².